The van der Waals surface area contributed by atoms with Gasteiger partial charge in [-0.15, -0.1) is 0 Å². The maximum absolute atomic E-state index is 14.3. The van der Waals surface area contributed by atoms with Crippen LogP contribution >= 0.6 is 0 Å². The van der Waals surface area contributed by atoms with E-state index in [-0.39, 0.29) is 12.2 Å². The average Bonchev–Trinajstić information content (AvgIpc) is 2.74. The molecule has 1 unspecified atom stereocenters. The minimum Gasteiger partial charge on any atom is -0.479 e. The number of hydrogen-bond donors (Lipinski definition) is 3. The Morgan fingerprint density at radius 2 is 1.84 bits per heavy atom. The number of anilines is 1. The highest BCUT2D eigenvalue weighted by atomic mass is 19.1. The van der Waals surface area contributed by atoms with Gasteiger partial charge in [0.05, 0.1) is 0 Å². The van der Waals surface area contributed by atoms with Crippen LogP contribution in [-0.4, -0.2) is 22.2 Å². The lowest BCUT2D eigenvalue weighted by molar-refractivity contribution is -0.145. The maximum Gasteiger partial charge on any atom is 0.344 e. The zero-order chi connectivity index (χ0) is 22.5. The number of hydrogen-bond acceptors (Lipinski definition) is 6. The van der Waals surface area contributed by atoms with Gasteiger partial charge in [-0.1, -0.05) is 25.1 Å². The normalized spacial score (nSPS) is 11.7. The molecule has 1 atom stereocenters. The summed E-state index contributed by atoms with van der Waals surface area (Å²) >= 11 is 0. The number of carbonyl (C=O) groups is 1. The van der Waals surface area contributed by atoms with Crippen molar-refractivity contribution in [1.29, 1.82) is 0 Å². The number of nitrogen functional groups attached to an aromatic ring is 1. The summed E-state index contributed by atoms with van der Waals surface area (Å²) in [6.07, 6.45) is -1.28. The molecule has 0 amide bonds. The van der Waals surface area contributed by atoms with Crippen LogP contribution in [0.3, 0.4) is 0 Å². The minimum atomic E-state index is -1.34. The van der Waals surface area contributed by atoms with Crippen LogP contribution in [0.2, 0.25) is 0 Å². The molecule has 0 saturated carbocycles. The second-order valence-electron chi connectivity index (χ2n) is 6.71. The topological polar surface area (TPSA) is 121 Å². The van der Waals surface area contributed by atoms with Gasteiger partial charge in [-0.2, -0.15) is 4.98 Å². The standard InChI is InChI=1S/C22H21F2N3O4/c1-2-19(22(28)29)31-21-18(24)10-17(23)20(27-21)30-16-8-14(7-15(26)9-16)13-5-3-4-12(6-13)11-25/h3-10,19H,2,11,25-26H2,1H3,(H,28,29). The van der Waals surface area contributed by atoms with Gasteiger partial charge in [0.1, 0.15) is 5.75 Å². The highest BCUT2D eigenvalue weighted by molar-refractivity contribution is 5.72. The number of aromatic nitrogens is 1. The fraction of sp³-hybridized carbons (Fsp3) is 0.182. The lowest BCUT2D eigenvalue weighted by Crippen LogP contribution is -2.26. The van der Waals surface area contributed by atoms with Gasteiger partial charge in [0.15, 0.2) is 17.7 Å². The Morgan fingerprint density at radius 3 is 2.52 bits per heavy atom. The smallest absolute Gasteiger partial charge is 0.344 e. The molecule has 0 spiro atoms. The van der Waals surface area contributed by atoms with E-state index in [1.807, 2.05) is 24.3 Å². The SMILES string of the molecule is CCC(Oc1nc(Oc2cc(N)cc(-c3cccc(CN)c3)c2)c(F)cc1F)C(=O)O. The molecular weight excluding hydrogens is 408 g/mol. The highest BCUT2D eigenvalue weighted by Crippen LogP contribution is 2.32. The van der Waals surface area contributed by atoms with E-state index in [2.05, 4.69) is 4.98 Å². The second kappa shape index (κ2) is 9.40. The molecule has 31 heavy (non-hydrogen) atoms. The summed E-state index contributed by atoms with van der Waals surface area (Å²) in [5.41, 5.74) is 14.4. The van der Waals surface area contributed by atoms with Crippen LogP contribution < -0.4 is 20.9 Å². The van der Waals surface area contributed by atoms with Crippen LogP contribution in [-0.2, 0) is 11.3 Å². The molecule has 0 radical (unpaired) electrons. The minimum absolute atomic E-state index is 0.0600. The Hall–Kier alpha value is -3.72. The van der Waals surface area contributed by atoms with Crippen molar-refractivity contribution in [2.24, 2.45) is 5.73 Å². The lowest BCUT2D eigenvalue weighted by Gasteiger charge is -2.15. The molecule has 0 aliphatic heterocycles. The summed E-state index contributed by atoms with van der Waals surface area (Å²) in [6.45, 7) is 1.91. The third-order valence-corrected chi connectivity index (χ3v) is 4.40. The number of ether oxygens (including phenoxy) is 2. The molecule has 0 saturated heterocycles. The third kappa shape index (κ3) is 5.26. The Bertz CT molecular complexity index is 1110. The quantitative estimate of drug-likeness (QED) is 0.461. The van der Waals surface area contributed by atoms with Crippen LogP contribution in [0.1, 0.15) is 18.9 Å². The number of rotatable bonds is 8. The van der Waals surface area contributed by atoms with Gasteiger partial charge in [-0.05, 0) is 41.3 Å². The van der Waals surface area contributed by atoms with E-state index in [1.54, 1.807) is 19.1 Å². The second-order valence-corrected chi connectivity index (χ2v) is 6.71. The zero-order valence-electron chi connectivity index (χ0n) is 16.6. The molecule has 0 aliphatic carbocycles. The van der Waals surface area contributed by atoms with Gasteiger partial charge in [0.2, 0.25) is 0 Å². The van der Waals surface area contributed by atoms with E-state index in [0.717, 1.165) is 11.1 Å². The first kappa shape index (κ1) is 22.0. The van der Waals surface area contributed by atoms with E-state index in [4.69, 9.17) is 26.0 Å². The van der Waals surface area contributed by atoms with Crippen LogP contribution in [0.25, 0.3) is 11.1 Å². The molecule has 3 rings (SSSR count). The van der Waals surface area contributed by atoms with E-state index in [9.17, 15) is 13.6 Å². The summed E-state index contributed by atoms with van der Waals surface area (Å²) in [5, 5.41) is 9.09. The van der Waals surface area contributed by atoms with Gasteiger partial charge >= 0.3 is 5.97 Å². The van der Waals surface area contributed by atoms with Crippen LogP contribution in [0.4, 0.5) is 14.5 Å². The summed E-state index contributed by atoms with van der Waals surface area (Å²) in [6, 6.07) is 12.8. The van der Waals surface area contributed by atoms with Crippen molar-refractivity contribution >= 4 is 11.7 Å². The molecule has 162 valence electrons. The first-order valence-electron chi connectivity index (χ1n) is 9.44. The molecule has 0 aliphatic rings. The molecule has 1 heterocycles. The molecule has 0 bridgehead atoms. The van der Waals surface area contributed by atoms with Crippen LogP contribution in [0, 0.1) is 11.6 Å². The van der Waals surface area contributed by atoms with Gasteiger partial charge < -0.3 is 26.0 Å². The van der Waals surface area contributed by atoms with Gasteiger partial charge in [0.25, 0.3) is 11.8 Å². The average molecular weight is 429 g/mol. The molecule has 7 nitrogen and oxygen atoms in total. The number of nitrogens with two attached hydrogens (primary N) is 2. The van der Waals surface area contributed by atoms with Crippen molar-refractivity contribution in [2.45, 2.75) is 26.0 Å². The van der Waals surface area contributed by atoms with Crippen molar-refractivity contribution in [3.63, 3.8) is 0 Å². The first-order chi connectivity index (χ1) is 14.8. The Kier molecular flexibility index (Phi) is 6.66. The first-order valence-corrected chi connectivity index (χ1v) is 9.44. The number of pyridine rings is 1. The number of carboxylic acids is 1. The van der Waals surface area contributed by atoms with Crippen molar-refractivity contribution in [2.75, 3.05) is 5.73 Å². The van der Waals surface area contributed by atoms with E-state index in [1.165, 1.54) is 6.07 Å². The number of carboxylic acid groups (broad SMARTS) is 1. The molecule has 2 aromatic carbocycles. The fourth-order valence-corrected chi connectivity index (χ4v) is 2.87. The number of nitrogens with zero attached hydrogens (tertiary/aromatic N) is 1. The molecule has 3 aromatic rings. The number of halogens is 2. The summed E-state index contributed by atoms with van der Waals surface area (Å²) < 4.78 is 38.9. The largest absolute Gasteiger partial charge is 0.479 e. The van der Waals surface area contributed by atoms with Gasteiger partial charge in [0, 0.05) is 24.4 Å². The summed E-state index contributed by atoms with van der Waals surface area (Å²) in [5.74, 6) is -4.62. The van der Waals surface area contributed by atoms with Gasteiger partial charge in [-0.25, -0.2) is 13.6 Å². The molecule has 1 aromatic heterocycles. The fourth-order valence-electron chi connectivity index (χ4n) is 2.87. The van der Waals surface area contributed by atoms with Crippen LogP contribution in [0.15, 0.2) is 48.5 Å². The van der Waals surface area contributed by atoms with Crippen molar-refractivity contribution in [3.05, 3.63) is 65.7 Å². The zero-order valence-corrected chi connectivity index (χ0v) is 16.6. The predicted octanol–water partition coefficient (Wildman–Crippen LogP) is 4.10. The maximum atomic E-state index is 14.3. The van der Waals surface area contributed by atoms with Crippen molar-refractivity contribution < 1.29 is 28.2 Å². The molecule has 9 heteroatoms. The monoisotopic (exact) mass is 429 g/mol. The summed E-state index contributed by atoms with van der Waals surface area (Å²) in [4.78, 5) is 14.8. The highest BCUT2D eigenvalue weighted by Gasteiger charge is 2.22. The third-order valence-electron chi connectivity index (χ3n) is 4.40. The van der Waals surface area contributed by atoms with E-state index >= 15 is 0 Å². The number of aliphatic carboxylic acids is 1. The van der Waals surface area contributed by atoms with E-state index in [0.29, 0.717) is 23.9 Å². The van der Waals surface area contributed by atoms with Gasteiger partial charge in [-0.3, -0.25) is 0 Å². The lowest BCUT2D eigenvalue weighted by atomic mass is 10.0. The summed E-state index contributed by atoms with van der Waals surface area (Å²) in [7, 11) is 0. The molecular formula is C22H21F2N3O4. The number of benzene rings is 2. The Balaban J connectivity index is 1.94. The van der Waals surface area contributed by atoms with E-state index < -0.39 is 35.5 Å². The van der Waals surface area contributed by atoms with Crippen LogP contribution in [0.5, 0.6) is 17.5 Å². The molecule has 5 N–H and O–H groups in total. The Labute approximate surface area is 177 Å². The molecule has 0 fully saturated rings. The van der Waals surface area contributed by atoms with Crippen molar-refractivity contribution in [3.8, 4) is 28.6 Å². The van der Waals surface area contributed by atoms with Crippen molar-refractivity contribution in [1.82, 2.24) is 4.98 Å². The Morgan fingerprint density at radius 1 is 1.10 bits per heavy atom. The predicted molar refractivity (Wildman–Crippen MR) is 111 cm³/mol.